The zero-order chi connectivity index (χ0) is 87.6. The molecule has 0 saturated heterocycles. The molecule has 0 bridgehead atoms. The molecule has 9 aromatic carbocycles. The Morgan fingerprint density at radius 1 is 0.387 bits per heavy atom. The maximum atomic E-state index is 13.7. The van der Waals surface area contributed by atoms with Gasteiger partial charge in [0.2, 0.25) is 0 Å². The fraction of sp³-hybridized carbons (Fsp3) is 0.109. The maximum Gasteiger partial charge on any atom is 0.354 e. The minimum atomic E-state index is -0.801. The van der Waals surface area contributed by atoms with Gasteiger partial charge in [0.25, 0.3) is 22.2 Å². The Morgan fingerprint density at radius 3 is 1.15 bits per heavy atom. The quantitative estimate of drug-likeness (QED) is 0.0515. The molecule has 26 nitrogen and oxygen atoms in total. The lowest BCUT2D eigenvalue weighted by atomic mass is 10.1. The van der Waals surface area contributed by atoms with Crippen LogP contribution in [0.5, 0.6) is 46.0 Å². The van der Waals surface area contributed by atoms with E-state index in [1.54, 1.807) is 163 Å². The molecule has 0 aliphatic rings. The summed E-state index contributed by atoms with van der Waals surface area (Å²) >= 11 is 10.8. The van der Waals surface area contributed by atoms with Crippen molar-refractivity contribution in [2.45, 2.75) is 59.9 Å². The second-order valence-corrected chi connectivity index (χ2v) is 31.2. The molecule has 0 unspecified atom stereocenters. The number of halogens is 4. The smallest absolute Gasteiger partial charge is 0.354 e. The van der Waals surface area contributed by atoms with Crippen LogP contribution in [0.1, 0.15) is 33.6 Å². The number of hydrogen-bond acceptors (Lipinski definition) is 24. The standard InChI is InChI=1S/C26H18ClNO5S.C26H21N3O5S.C20H13BrFNO5.C20H14FNO5/c1-32-17-10-6-15(7-11-17)14-28-20-5-3-2-4-19(20)23-21(25(28)30)22(29)24(26(31)33-23)34-18-12-8-16(27)9-13-18;1-14-12-15(2)28-26(27-14)35-23-21(30)20-22(34-25(23)32)18-6-4-5-7-19(18)29(24(20)31)13-16-8-10-17(33-3)11-9-16;1-27-12-6-7-14-13(8-12)18-15(17(24)16(21)20(26)28-18)19(25)23(14)9-10-2-4-11(22)5-3-10;1-26-13-6-7-15-14(8-13)19-18(16(23)9-17(24)27-19)20(25)22(15)10-11-2-4-12(21)5-3-11/h2-13,29H,14H2,1H3;4-12,30H,13H2,1-3H3;2-8,24H,9H2,1H3;2-9,23H,10H2,1H3. The molecule has 0 aliphatic carbocycles. The summed E-state index contributed by atoms with van der Waals surface area (Å²) in [6, 6.07) is 59.9. The highest BCUT2D eigenvalue weighted by Gasteiger charge is 2.28. The van der Waals surface area contributed by atoms with Gasteiger partial charge >= 0.3 is 22.5 Å². The number of aromatic nitrogens is 6. The minimum absolute atomic E-state index is 0.00532. The molecule has 0 aliphatic heterocycles. The number of para-hydroxylation sites is 2. The minimum Gasteiger partial charge on any atom is -0.507 e. The summed E-state index contributed by atoms with van der Waals surface area (Å²) < 4.78 is 74.8. The van der Waals surface area contributed by atoms with Gasteiger partial charge in [0.15, 0.2) is 44.7 Å². The topological polar surface area (TPSA) is 352 Å². The lowest BCUT2D eigenvalue weighted by Crippen LogP contribution is -2.22. The third-order valence-electron chi connectivity index (χ3n) is 20.0. The van der Waals surface area contributed by atoms with Crippen molar-refractivity contribution in [1.82, 2.24) is 28.2 Å². The van der Waals surface area contributed by atoms with Crippen LogP contribution in [0.15, 0.2) is 299 Å². The number of nitrogens with zero attached hydrogens (tertiary/aromatic N) is 6. The van der Waals surface area contributed by atoms with Crippen LogP contribution in [-0.4, -0.2) is 77.1 Å². The van der Waals surface area contributed by atoms with Gasteiger partial charge in [0.1, 0.15) is 76.2 Å². The Labute approximate surface area is 718 Å². The third kappa shape index (κ3) is 17.0. The van der Waals surface area contributed by atoms with Crippen molar-refractivity contribution in [2.75, 3.05) is 28.4 Å². The molecule has 124 heavy (non-hydrogen) atoms. The van der Waals surface area contributed by atoms with Crippen LogP contribution in [0.25, 0.3) is 87.5 Å². The Kier molecular flexibility index (Phi) is 24.3. The molecule has 18 aromatic rings. The van der Waals surface area contributed by atoms with Crippen LogP contribution in [0.2, 0.25) is 5.02 Å². The van der Waals surface area contributed by atoms with Crippen molar-refractivity contribution in [3.8, 4) is 46.0 Å². The Bertz CT molecular complexity index is 7800. The molecule has 18 rings (SSSR count). The number of pyridine rings is 4. The zero-order valence-corrected chi connectivity index (χ0v) is 69.9. The second-order valence-electron chi connectivity index (χ2n) is 27.9. The molecule has 0 amide bonds. The van der Waals surface area contributed by atoms with E-state index in [1.165, 1.54) is 47.6 Å². The van der Waals surface area contributed by atoms with Crippen LogP contribution < -0.4 is 63.7 Å². The van der Waals surface area contributed by atoms with Gasteiger partial charge in [0, 0.05) is 42.9 Å². The lowest BCUT2D eigenvalue weighted by Gasteiger charge is -2.14. The molecule has 32 heteroatoms. The number of benzene rings is 9. The maximum absolute atomic E-state index is 13.7. The van der Waals surface area contributed by atoms with E-state index in [4.69, 9.17) is 48.2 Å². The highest BCUT2D eigenvalue weighted by atomic mass is 79.9. The second kappa shape index (κ2) is 35.6. The number of ether oxygens (including phenoxy) is 4. The van der Waals surface area contributed by atoms with Crippen LogP contribution in [-0.2, 0) is 26.2 Å². The number of aromatic hydroxyl groups is 4. The number of fused-ring (bicyclic) bond motifs is 12. The first kappa shape index (κ1) is 84.5. The van der Waals surface area contributed by atoms with Crippen molar-refractivity contribution in [3.05, 3.63) is 356 Å². The number of aryl methyl sites for hydroxylation is 2. The molecule has 9 heterocycles. The molecular formula is C92H66BrClF2N6O20S2. The van der Waals surface area contributed by atoms with Gasteiger partial charge in [-0.2, -0.15) is 0 Å². The first-order valence-corrected chi connectivity index (χ1v) is 40.2. The normalized spacial score (nSPS) is 11.2. The van der Waals surface area contributed by atoms with E-state index >= 15 is 0 Å². The van der Waals surface area contributed by atoms with E-state index in [-0.39, 0.29) is 101 Å². The van der Waals surface area contributed by atoms with Crippen molar-refractivity contribution >= 4 is 139 Å². The predicted molar refractivity (Wildman–Crippen MR) is 471 cm³/mol. The molecule has 624 valence electrons. The Balaban J connectivity index is 0.000000129. The van der Waals surface area contributed by atoms with Crippen molar-refractivity contribution in [2.24, 2.45) is 0 Å². The monoisotopic (exact) mass is 1790 g/mol. The molecule has 0 radical (unpaired) electrons. The highest BCUT2D eigenvalue weighted by molar-refractivity contribution is 9.10. The fourth-order valence-electron chi connectivity index (χ4n) is 14.1. The Morgan fingerprint density at radius 2 is 0.734 bits per heavy atom. The van der Waals surface area contributed by atoms with Crippen LogP contribution in [0.4, 0.5) is 8.78 Å². The summed E-state index contributed by atoms with van der Waals surface area (Å²) in [5.74, 6) is -0.132. The van der Waals surface area contributed by atoms with Gasteiger partial charge in [-0.1, -0.05) is 96.2 Å². The van der Waals surface area contributed by atoms with Gasteiger partial charge in [-0.15, -0.1) is 0 Å². The van der Waals surface area contributed by atoms with E-state index < -0.39 is 67.7 Å². The zero-order valence-electron chi connectivity index (χ0n) is 65.9. The molecule has 0 atom stereocenters. The molecule has 0 spiro atoms. The van der Waals surface area contributed by atoms with Crippen LogP contribution in [0.3, 0.4) is 0 Å². The SMILES string of the molecule is COc1ccc(Cn2c(=O)c3c(O)c(Sc4ccc(Cl)cc4)c(=O)oc3c3ccccc32)cc1.COc1ccc(Cn2c(=O)c3c(O)c(Sc4nc(C)cc(C)n4)c(=O)oc3c3ccccc32)cc1.COc1ccc2c(c1)c1oc(=O)c(Br)c(O)c1c(=O)n2Cc1ccc(F)cc1.COc1ccc2c(c1)c1oc(=O)cc(O)c1c(=O)n2Cc1ccc(F)cc1. The summed E-state index contributed by atoms with van der Waals surface area (Å²) in [6.07, 6.45) is 0. The van der Waals surface area contributed by atoms with Crippen LogP contribution in [0, 0.1) is 25.5 Å². The fourth-order valence-corrected chi connectivity index (χ4v) is 16.2. The van der Waals surface area contributed by atoms with E-state index in [0.29, 0.717) is 87.7 Å². The van der Waals surface area contributed by atoms with Gasteiger partial charge < -0.3 is 75.3 Å². The summed E-state index contributed by atoms with van der Waals surface area (Å²) in [6.45, 7) is 4.42. The van der Waals surface area contributed by atoms with Gasteiger partial charge in [-0.25, -0.2) is 37.9 Å². The van der Waals surface area contributed by atoms with Crippen molar-refractivity contribution < 1.29 is 65.8 Å². The third-order valence-corrected chi connectivity index (χ3v) is 22.9. The van der Waals surface area contributed by atoms with Crippen molar-refractivity contribution in [1.29, 1.82) is 0 Å². The number of rotatable bonds is 16. The first-order chi connectivity index (χ1) is 59.7. The van der Waals surface area contributed by atoms with Crippen LogP contribution >= 0.6 is 51.1 Å². The highest BCUT2D eigenvalue weighted by Crippen LogP contribution is 2.41. The molecule has 0 saturated carbocycles. The average Bonchev–Trinajstić information content (AvgIpc) is 0.747. The van der Waals surface area contributed by atoms with Gasteiger partial charge in [0.05, 0.1) is 82.8 Å². The van der Waals surface area contributed by atoms with Gasteiger partial charge in [-0.3, -0.25) is 19.2 Å². The average molecular weight is 1790 g/mol. The predicted octanol–water partition coefficient (Wildman–Crippen LogP) is 16.9. The van der Waals surface area contributed by atoms with E-state index in [0.717, 1.165) is 52.1 Å². The van der Waals surface area contributed by atoms with Crippen molar-refractivity contribution in [3.63, 3.8) is 0 Å². The summed E-state index contributed by atoms with van der Waals surface area (Å²) in [5, 5.41) is 45.4. The van der Waals surface area contributed by atoms with E-state index in [9.17, 15) is 67.6 Å². The summed E-state index contributed by atoms with van der Waals surface area (Å²) in [5.41, 5.74) is 1.76. The molecule has 4 N–H and O–H groups in total. The molecule has 9 aromatic heterocycles. The van der Waals surface area contributed by atoms with E-state index in [1.807, 2.05) is 62.4 Å². The first-order valence-electron chi connectivity index (χ1n) is 37.4. The lowest BCUT2D eigenvalue weighted by molar-refractivity contribution is 0.414. The molecular weight excluding hydrogens is 1730 g/mol. The van der Waals surface area contributed by atoms with E-state index in [2.05, 4.69) is 25.9 Å². The largest absolute Gasteiger partial charge is 0.507 e. The summed E-state index contributed by atoms with van der Waals surface area (Å²) in [4.78, 5) is 112. The Hall–Kier alpha value is -14.5. The van der Waals surface area contributed by atoms with Gasteiger partial charge in [-0.05, 0) is 203 Å². The number of hydrogen-bond donors (Lipinski definition) is 4. The number of methoxy groups -OCH3 is 4. The summed E-state index contributed by atoms with van der Waals surface area (Å²) in [7, 11) is 6.16. The molecule has 0 fully saturated rings.